The molecule has 5 aliphatic heterocycles. The van der Waals surface area contributed by atoms with E-state index in [9.17, 15) is 49.5 Å². The largest absolute Gasteiger partial charge is 0.507 e. The van der Waals surface area contributed by atoms with Crippen molar-refractivity contribution in [2.24, 2.45) is 29.6 Å². The van der Waals surface area contributed by atoms with Crippen LogP contribution < -0.4 is 5.32 Å². The number of Topliss-reactive ketones (excluding diaryl/α,β-unsaturated/α-hetero) is 2. The van der Waals surface area contributed by atoms with E-state index in [2.05, 4.69) is 5.32 Å². The third-order valence-corrected chi connectivity index (χ3v) is 9.68. The fourth-order valence-corrected chi connectivity index (χ4v) is 6.45. The maximum Gasteiger partial charge on any atom is 0.315 e. The Kier molecular flexibility index (Phi) is 10.1. The molecule has 9 unspecified atom stereocenters. The molecule has 6 bridgehead atoms. The highest BCUT2D eigenvalue weighted by Crippen LogP contribution is 2.42. The Balaban J connectivity index is 1.88. The second kappa shape index (κ2) is 13.4. The highest BCUT2D eigenvalue weighted by molar-refractivity contribution is 6.31. The van der Waals surface area contributed by atoms with Crippen molar-refractivity contribution in [3.63, 3.8) is 0 Å². The molecule has 6 aliphatic rings. The van der Waals surface area contributed by atoms with Crippen molar-refractivity contribution in [1.29, 1.82) is 0 Å². The molecule has 12 nitrogen and oxygen atoms in total. The number of carbonyl (C=O) groups is 5. The number of amides is 1. The minimum Gasteiger partial charge on any atom is -0.507 e. The van der Waals surface area contributed by atoms with Crippen molar-refractivity contribution >= 4 is 29.2 Å². The molecule has 12 heteroatoms. The van der Waals surface area contributed by atoms with E-state index >= 15 is 0 Å². The Labute approximate surface area is 272 Å². The number of ether oxygens (including phenoxy) is 1. The van der Waals surface area contributed by atoms with Gasteiger partial charge in [0.05, 0.1) is 40.7 Å². The van der Waals surface area contributed by atoms with Crippen LogP contribution in [0.25, 0.3) is 0 Å². The van der Waals surface area contributed by atoms with Crippen LogP contribution in [0.5, 0.6) is 11.5 Å². The minimum absolute atomic E-state index is 0.128. The number of hydrogen-bond acceptors (Lipinski definition) is 11. The molecule has 1 saturated heterocycles. The van der Waals surface area contributed by atoms with Crippen LogP contribution in [-0.2, 0) is 14.3 Å². The molecular formula is C35H41NO11. The summed E-state index contributed by atoms with van der Waals surface area (Å²) in [5.74, 6) is -9.98. The van der Waals surface area contributed by atoms with Crippen LogP contribution in [0.15, 0.2) is 47.2 Å². The van der Waals surface area contributed by atoms with Crippen molar-refractivity contribution < 1.29 is 54.2 Å². The number of aliphatic hydroxyl groups excluding tert-OH is 3. The van der Waals surface area contributed by atoms with E-state index in [-0.39, 0.29) is 16.7 Å². The molecular weight excluding hydrogens is 610 g/mol. The minimum atomic E-state index is -1.36. The smallest absolute Gasteiger partial charge is 0.315 e. The molecule has 0 aromatic heterocycles. The first-order valence-corrected chi connectivity index (χ1v) is 15.4. The van der Waals surface area contributed by atoms with Crippen LogP contribution in [0.1, 0.15) is 78.2 Å². The molecule has 1 fully saturated rings. The number of aromatic hydroxyl groups is 2. The van der Waals surface area contributed by atoms with Gasteiger partial charge in [-0.15, -0.1) is 0 Å². The third kappa shape index (κ3) is 6.32. The van der Waals surface area contributed by atoms with Crippen molar-refractivity contribution in [2.45, 2.75) is 72.9 Å². The summed E-state index contributed by atoms with van der Waals surface area (Å²) in [6.07, 6.45) is 2.00. The molecule has 0 spiro atoms. The third-order valence-electron chi connectivity index (χ3n) is 9.68. The molecule has 5 heterocycles. The van der Waals surface area contributed by atoms with Crippen LogP contribution in [0.2, 0.25) is 0 Å². The number of hydrogen-bond donors (Lipinski definition) is 6. The van der Waals surface area contributed by atoms with Crippen LogP contribution in [0.3, 0.4) is 0 Å². The molecule has 1 aliphatic carbocycles. The number of rotatable bonds is 0. The zero-order valence-corrected chi connectivity index (χ0v) is 27.3. The van der Waals surface area contributed by atoms with Gasteiger partial charge in [-0.2, -0.15) is 0 Å². The molecule has 252 valence electrons. The summed E-state index contributed by atoms with van der Waals surface area (Å²) in [6.45, 7) is 10.6. The maximum atomic E-state index is 13.8. The number of nitrogens with one attached hydrogen (secondary N) is 1. The van der Waals surface area contributed by atoms with Crippen LogP contribution in [0, 0.1) is 36.5 Å². The van der Waals surface area contributed by atoms with Gasteiger partial charge in [0, 0.05) is 40.9 Å². The highest BCUT2D eigenvalue weighted by Gasteiger charge is 2.47. The van der Waals surface area contributed by atoms with Gasteiger partial charge in [-0.1, -0.05) is 52.0 Å². The van der Waals surface area contributed by atoms with E-state index in [1.165, 1.54) is 32.9 Å². The van der Waals surface area contributed by atoms with Gasteiger partial charge in [0.1, 0.15) is 23.5 Å². The number of allylic oxidation sites excluding steroid dienone is 5. The van der Waals surface area contributed by atoms with E-state index in [0.29, 0.717) is 0 Å². The highest BCUT2D eigenvalue weighted by atomic mass is 16.6. The SMILES string of the molecule is C/C1=C/C=C\C(C)C(O)C(C)C(O)C(C)C2OC(=O)C(/C=C(\C)C(=O)c3c(O)c(C)c(O)c4c3C(=O)C=C(NC1=O)C4=O)C(O)C2C. The first-order chi connectivity index (χ1) is 21.9. The molecule has 0 saturated carbocycles. The molecule has 6 N–H and O–H groups in total. The van der Waals surface area contributed by atoms with E-state index in [0.717, 1.165) is 12.2 Å². The van der Waals surface area contributed by atoms with Crippen LogP contribution >= 0.6 is 0 Å². The molecule has 47 heavy (non-hydrogen) atoms. The molecule has 9 atom stereocenters. The average Bonchev–Trinajstić information content (AvgIpc) is 3.03. The van der Waals surface area contributed by atoms with Gasteiger partial charge >= 0.3 is 5.97 Å². The van der Waals surface area contributed by atoms with Crippen molar-refractivity contribution in [3.05, 3.63) is 69.5 Å². The number of esters is 1. The van der Waals surface area contributed by atoms with Gasteiger partial charge in [-0.3, -0.25) is 24.0 Å². The number of ketones is 3. The molecule has 0 radical (unpaired) electrons. The summed E-state index contributed by atoms with van der Waals surface area (Å²) in [7, 11) is 0. The van der Waals surface area contributed by atoms with E-state index in [1.54, 1.807) is 33.8 Å². The zero-order chi connectivity index (χ0) is 35.2. The van der Waals surface area contributed by atoms with Crippen LogP contribution in [-0.4, -0.2) is 79.2 Å². The predicted octanol–water partition coefficient (Wildman–Crippen LogP) is 2.60. The predicted molar refractivity (Wildman–Crippen MR) is 168 cm³/mol. The Morgan fingerprint density at radius 1 is 0.723 bits per heavy atom. The summed E-state index contributed by atoms with van der Waals surface area (Å²) in [6, 6.07) is 0. The average molecular weight is 652 g/mol. The first kappa shape index (κ1) is 35.5. The van der Waals surface area contributed by atoms with Gasteiger partial charge in [0.25, 0.3) is 5.91 Å². The van der Waals surface area contributed by atoms with Gasteiger partial charge in [0.2, 0.25) is 5.78 Å². The number of phenols is 2. The van der Waals surface area contributed by atoms with Gasteiger partial charge < -0.3 is 35.6 Å². The standard InChI is InChI=1S/C35H41NO11/c1-13-9-8-10-14(2)34(45)36-21-12-22(37)23-24(30(42)17(5)31(43)25(23)32(21)44)27(39)15(3)11-20-29(41)19(7)33(47-35(20)46)18(6)28(40)16(4)26(13)38/h8-13,16,18-20,26,28-29,33,38,40-43H,1-7H3,(H,36,45)/b9-8-,14-10-,15-11+. The summed E-state index contributed by atoms with van der Waals surface area (Å²) in [5, 5.41) is 57.6. The fraction of sp³-hybridized carbons (Fsp3) is 0.457. The lowest BCUT2D eigenvalue weighted by molar-refractivity contribution is -0.186. The summed E-state index contributed by atoms with van der Waals surface area (Å²) >= 11 is 0. The van der Waals surface area contributed by atoms with E-state index < -0.39 is 117 Å². The van der Waals surface area contributed by atoms with Crippen molar-refractivity contribution in [1.82, 2.24) is 5.32 Å². The summed E-state index contributed by atoms with van der Waals surface area (Å²) in [4.78, 5) is 66.9. The second-order valence-electron chi connectivity index (χ2n) is 12.9. The Hall–Kier alpha value is -4.39. The quantitative estimate of drug-likeness (QED) is 0.225. The van der Waals surface area contributed by atoms with Gasteiger partial charge in [-0.25, -0.2) is 0 Å². The zero-order valence-electron chi connectivity index (χ0n) is 27.3. The molecule has 1 aromatic rings. The van der Waals surface area contributed by atoms with E-state index in [4.69, 9.17) is 4.74 Å². The monoisotopic (exact) mass is 651 g/mol. The summed E-state index contributed by atoms with van der Waals surface area (Å²) < 4.78 is 5.70. The van der Waals surface area contributed by atoms with Crippen molar-refractivity contribution in [3.8, 4) is 11.5 Å². The van der Waals surface area contributed by atoms with E-state index in [1.807, 2.05) is 0 Å². The molecule has 1 amide bonds. The normalized spacial score (nSPS) is 35.3. The van der Waals surface area contributed by atoms with Crippen molar-refractivity contribution in [2.75, 3.05) is 0 Å². The lowest BCUT2D eigenvalue weighted by Crippen LogP contribution is -2.53. The number of carbonyl (C=O) groups excluding carboxylic acids is 5. The maximum absolute atomic E-state index is 13.8. The topological polar surface area (TPSA) is 208 Å². The Bertz CT molecular complexity index is 1670. The van der Waals surface area contributed by atoms with Gasteiger partial charge in [0.15, 0.2) is 11.6 Å². The second-order valence-corrected chi connectivity index (χ2v) is 12.9. The fourth-order valence-electron chi connectivity index (χ4n) is 6.45. The number of phenolic OH excluding ortho intramolecular Hbond substituents is 2. The Morgan fingerprint density at radius 2 is 1.30 bits per heavy atom. The number of aliphatic hydroxyl groups is 3. The molecule has 1 aromatic carbocycles. The first-order valence-electron chi connectivity index (χ1n) is 15.4. The van der Waals surface area contributed by atoms with Gasteiger partial charge in [-0.05, 0) is 26.3 Å². The number of benzene rings is 1. The molecule has 7 rings (SSSR count). The Morgan fingerprint density at radius 3 is 1.91 bits per heavy atom. The summed E-state index contributed by atoms with van der Waals surface area (Å²) in [5.41, 5.74) is -2.54. The lowest BCUT2D eigenvalue weighted by atomic mass is 9.75. The van der Waals surface area contributed by atoms with Crippen LogP contribution in [0.4, 0.5) is 0 Å². The lowest BCUT2D eigenvalue weighted by Gasteiger charge is -2.42.